The largest absolute Gasteiger partial charge is 0.451 e. The Morgan fingerprint density at radius 2 is 1.81 bits per heavy atom. The van der Waals surface area contributed by atoms with Crippen LogP contribution in [0.3, 0.4) is 0 Å². The number of benzene rings is 1. The molecule has 1 aromatic carbocycles. The van der Waals surface area contributed by atoms with E-state index in [0.717, 1.165) is 29.2 Å². The quantitative estimate of drug-likeness (QED) is 0.610. The van der Waals surface area contributed by atoms with Gasteiger partial charge in [0.05, 0.1) is 5.56 Å². The van der Waals surface area contributed by atoms with Crippen molar-refractivity contribution in [2.75, 3.05) is 25.5 Å². The van der Waals surface area contributed by atoms with Gasteiger partial charge in [0.25, 0.3) is 11.8 Å². The molecule has 1 aliphatic heterocycles. The van der Waals surface area contributed by atoms with Crippen LogP contribution in [0.25, 0.3) is 0 Å². The highest BCUT2D eigenvalue weighted by Crippen LogP contribution is 2.29. The maximum absolute atomic E-state index is 12.5. The van der Waals surface area contributed by atoms with Crippen molar-refractivity contribution < 1.29 is 37.1 Å². The van der Waals surface area contributed by atoms with Crippen LogP contribution in [0.5, 0.6) is 0 Å². The molecule has 0 aromatic heterocycles. The van der Waals surface area contributed by atoms with Gasteiger partial charge < -0.3 is 15.0 Å². The number of imide groups is 1. The fourth-order valence-electron chi connectivity index (χ4n) is 2.23. The first-order valence-corrected chi connectivity index (χ1v) is 7.72. The molecule has 0 unspecified atom stereocenters. The molecule has 2 rings (SSSR count). The van der Waals surface area contributed by atoms with Crippen molar-refractivity contribution in [3.63, 3.8) is 0 Å². The van der Waals surface area contributed by atoms with Gasteiger partial charge in [-0.25, -0.2) is 4.79 Å². The van der Waals surface area contributed by atoms with E-state index in [0.29, 0.717) is 4.90 Å². The Hall–Kier alpha value is -3.11. The van der Waals surface area contributed by atoms with E-state index in [2.05, 4.69) is 5.32 Å². The van der Waals surface area contributed by atoms with Crippen molar-refractivity contribution in [3.05, 3.63) is 29.8 Å². The third kappa shape index (κ3) is 4.96. The molecule has 1 N–H and O–H groups in total. The van der Waals surface area contributed by atoms with Crippen molar-refractivity contribution in [1.82, 2.24) is 9.80 Å². The second kappa shape index (κ2) is 7.64. The van der Waals surface area contributed by atoms with Crippen LogP contribution < -0.4 is 5.32 Å². The number of carbonyl (C=O) groups is 4. The number of hydrogen-bond donors (Lipinski definition) is 1. The summed E-state index contributed by atoms with van der Waals surface area (Å²) in [6.07, 6.45) is -5.78. The van der Waals surface area contributed by atoms with Crippen LogP contribution in [0.2, 0.25) is 0 Å². The molecule has 1 atom stereocenters. The van der Waals surface area contributed by atoms with Crippen molar-refractivity contribution in [3.8, 4) is 0 Å². The summed E-state index contributed by atoms with van der Waals surface area (Å²) >= 11 is 0. The van der Waals surface area contributed by atoms with Gasteiger partial charge in [0.1, 0.15) is 13.1 Å². The van der Waals surface area contributed by atoms with Crippen LogP contribution in [0.1, 0.15) is 12.5 Å². The number of nitrogens with zero attached hydrogens (tertiary/aromatic N) is 2. The predicted molar refractivity (Wildman–Crippen MR) is 85.4 cm³/mol. The number of rotatable bonds is 5. The van der Waals surface area contributed by atoms with E-state index in [9.17, 15) is 32.3 Å². The number of likely N-dealkylation sites (N-methyl/N-ethyl adjacent to an activating group) is 1. The lowest BCUT2D eigenvalue weighted by Crippen LogP contribution is -2.39. The van der Waals surface area contributed by atoms with E-state index in [1.54, 1.807) is 0 Å². The minimum atomic E-state index is -4.50. The zero-order valence-electron chi connectivity index (χ0n) is 14.4. The standard InChI is InChI=1S/C16H16F3N3O5/c1-9(27-13(24)8-22-12(23)7-21(2)15(22)26)14(25)20-11-5-3-10(4-6-11)16(17,18)19/h3-6,9H,7-8H2,1-2H3,(H,20,25)/t9-/m0/s1. The minimum Gasteiger partial charge on any atom is -0.451 e. The Balaban J connectivity index is 1.89. The first-order valence-electron chi connectivity index (χ1n) is 7.72. The molecule has 0 bridgehead atoms. The molecule has 11 heteroatoms. The highest BCUT2D eigenvalue weighted by atomic mass is 19.4. The highest BCUT2D eigenvalue weighted by molar-refractivity contribution is 6.04. The average molecular weight is 387 g/mol. The number of ether oxygens (including phenoxy) is 1. The van der Waals surface area contributed by atoms with Crippen molar-refractivity contribution in [1.29, 1.82) is 0 Å². The van der Waals surface area contributed by atoms with E-state index >= 15 is 0 Å². The van der Waals surface area contributed by atoms with Gasteiger partial charge in [-0.15, -0.1) is 0 Å². The molecule has 0 radical (unpaired) electrons. The van der Waals surface area contributed by atoms with E-state index in [4.69, 9.17) is 4.74 Å². The Morgan fingerprint density at radius 1 is 1.22 bits per heavy atom. The number of anilines is 1. The molecule has 0 aliphatic carbocycles. The number of hydrogen-bond acceptors (Lipinski definition) is 5. The molecule has 1 aromatic rings. The molecule has 146 valence electrons. The summed E-state index contributed by atoms with van der Waals surface area (Å²) in [7, 11) is 1.39. The van der Waals surface area contributed by atoms with Gasteiger partial charge in [-0.3, -0.25) is 19.3 Å². The molecule has 4 amide bonds. The SMILES string of the molecule is C[C@H](OC(=O)CN1C(=O)CN(C)C1=O)C(=O)Nc1ccc(C(F)(F)F)cc1. The van der Waals surface area contributed by atoms with Gasteiger partial charge in [0.2, 0.25) is 0 Å². The molecule has 1 saturated heterocycles. The molecule has 1 heterocycles. The lowest BCUT2D eigenvalue weighted by atomic mass is 10.2. The number of urea groups is 1. The fraction of sp³-hybridized carbons (Fsp3) is 0.375. The summed E-state index contributed by atoms with van der Waals surface area (Å²) < 4.78 is 42.4. The summed E-state index contributed by atoms with van der Waals surface area (Å²) in [5, 5.41) is 2.30. The van der Waals surface area contributed by atoms with Crippen LogP contribution >= 0.6 is 0 Å². The smallest absolute Gasteiger partial charge is 0.416 e. The van der Waals surface area contributed by atoms with Crippen LogP contribution in [0.15, 0.2) is 24.3 Å². The summed E-state index contributed by atoms with van der Waals surface area (Å²) in [5.74, 6) is -2.32. The first kappa shape index (κ1) is 20.2. The Bertz CT molecular complexity index is 764. The van der Waals surface area contributed by atoms with Gasteiger partial charge in [-0.1, -0.05) is 0 Å². The summed E-state index contributed by atoms with van der Waals surface area (Å²) in [4.78, 5) is 48.9. The summed E-state index contributed by atoms with van der Waals surface area (Å²) in [6.45, 7) is 0.451. The van der Waals surface area contributed by atoms with Crippen molar-refractivity contribution in [2.24, 2.45) is 0 Å². The lowest BCUT2D eigenvalue weighted by molar-refractivity contribution is -0.154. The maximum Gasteiger partial charge on any atom is 0.416 e. The van der Waals surface area contributed by atoms with E-state index in [-0.39, 0.29) is 12.2 Å². The lowest BCUT2D eigenvalue weighted by Gasteiger charge is -2.17. The number of halogens is 3. The molecule has 1 aliphatic rings. The third-order valence-corrected chi connectivity index (χ3v) is 3.68. The number of alkyl halides is 3. The number of nitrogens with one attached hydrogen (secondary N) is 1. The molecule has 8 nitrogen and oxygen atoms in total. The van der Waals surface area contributed by atoms with Gasteiger partial charge in [0.15, 0.2) is 6.10 Å². The molecule has 27 heavy (non-hydrogen) atoms. The van der Waals surface area contributed by atoms with Gasteiger partial charge >= 0.3 is 18.2 Å². The zero-order valence-corrected chi connectivity index (χ0v) is 14.4. The Kier molecular flexibility index (Phi) is 5.72. The zero-order chi connectivity index (χ0) is 20.4. The van der Waals surface area contributed by atoms with Gasteiger partial charge in [-0.05, 0) is 31.2 Å². The maximum atomic E-state index is 12.5. The topological polar surface area (TPSA) is 96.0 Å². The van der Waals surface area contributed by atoms with E-state index in [1.807, 2.05) is 0 Å². The van der Waals surface area contributed by atoms with Crippen LogP contribution in [-0.4, -0.2) is 59.9 Å². The van der Waals surface area contributed by atoms with E-state index in [1.165, 1.54) is 14.0 Å². The van der Waals surface area contributed by atoms with Crippen LogP contribution in [0.4, 0.5) is 23.7 Å². The van der Waals surface area contributed by atoms with Gasteiger partial charge in [0, 0.05) is 12.7 Å². The van der Waals surface area contributed by atoms with Crippen molar-refractivity contribution >= 4 is 29.5 Å². The molecular weight excluding hydrogens is 371 g/mol. The monoisotopic (exact) mass is 387 g/mol. The van der Waals surface area contributed by atoms with E-state index < -0.39 is 48.2 Å². The second-order valence-electron chi connectivity index (χ2n) is 5.81. The molecular formula is C16H16F3N3O5. The summed E-state index contributed by atoms with van der Waals surface area (Å²) in [6, 6.07) is 3.07. The second-order valence-corrected chi connectivity index (χ2v) is 5.81. The third-order valence-electron chi connectivity index (χ3n) is 3.68. The fourth-order valence-corrected chi connectivity index (χ4v) is 2.23. The predicted octanol–water partition coefficient (Wildman–Crippen LogP) is 1.47. The Morgan fingerprint density at radius 3 is 2.30 bits per heavy atom. The average Bonchev–Trinajstić information content (AvgIpc) is 2.80. The number of amides is 4. The Labute approximate surface area is 151 Å². The number of esters is 1. The normalized spacial score (nSPS) is 15.7. The first-order chi connectivity index (χ1) is 12.5. The van der Waals surface area contributed by atoms with Gasteiger partial charge in [-0.2, -0.15) is 13.2 Å². The molecule has 0 saturated carbocycles. The van der Waals surface area contributed by atoms with Crippen LogP contribution in [-0.2, 0) is 25.3 Å². The van der Waals surface area contributed by atoms with Crippen molar-refractivity contribution in [2.45, 2.75) is 19.2 Å². The number of carbonyl (C=O) groups excluding carboxylic acids is 4. The molecule has 1 fully saturated rings. The van der Waals surface area contributed by atoms with Crippen LogP contribution in [0, 0.1) is 0 Å². The minimum absolute atomic E-state index is 0.0856. The highest BCUT2D eigenvalue weighted by Gasteiger charge is 2.35. The summed E-state index contributed by atoms with van der Waals surface area (Å²) in [5.41, 5.74) is -0.785. The molecule has 0 spiro atoms.